The predicted molar refractivity (Wildman–Crippen MR) is 76.2 cm³/mol. The molecule has 0 atom stereocenters. The van der Waals surface area contributed by atoms with Gasteiger partial charge in [0.1, 0.15) is 12.2 Å². The molecule has 0 aromatic heterocycles. The van der Waals surface area contributed by atoms with Gasteiger partial charge in [-0.25, -0.2) is 9.86 Å². The lowest BCUT2D eigenvalue weighted by Gasteiger charge is -2.23. The Hall–Kier alpha value is -2.36. The van der Waals surface area contributed by atoms with Crippen LogP contribution in [0.25, 0.3) is 6.08 Å². The first-order chi connectivity index (χ1) is 9.69. The maximum absolute atomic E-state index is 11.7. The van der Waals surface area contributed by atoms with E-state index in [1.54, 1.807) is 12.3 Å². The minimum absolute atomic E-state index is 0.128. The van der Waals surface area contributed by atoms with Gasteiger partial charge in [-0.15, -0.1) is 6.58 Å². The number of allylic oxidation sites excluding steroid dienone is 1. The van der Waals surface area contributed by atoms with E-state index in [1.807, 2.05) is 30.3 Å². The summed E-state index contributed by atoms with van der Waals surface area (Å²) in [6.07, 6.45) is 5.97. The Morgan fingerprint density at radius 3 is 2.95 bits per heavy atom. The first-order valence-electron chi connectivity index (χ1n) is 6.55. The van der Waals surface area contributed by atoms with Crippen molar-refractivity contribution in [3.8, 4) is 0 Å². The highest BCUT2D eigenvalue weighted by molar-refractivity contribution is 5.95. The van der Waals surface area contributed by atoms with Crippen LogP contribution in [0.5, 0.6) is 0 Å². The number of benzene rings is 1. The van der Waals surface area contributed by atoms with E-state index in [9.17, 15) is 9.59 Å². The molecule has 0 saturated carbocycles. The van der Waals surface area contributed by atoms with Crippen molar-refractivity contribution in [3.63, 3.8) is 0 Å². The minimum Gasteiger partial charge on any atom is -0.341 e. The Bertz CT molecular complexity index is 548. The Labute approximate surface area is 118 Å². The second kappa shape index (κ2) is 6.70. The Morgan fingerprint density at radius 2 is 2.15 bits per heavy atom. The lowest BCUT2D eigenvalue weighted by molar-refractivity contribution is -0.180. The summed E-state index contributed by atoms with van der Waals surface area (Å²) in [6, 6.07) is 7.89. The molecule has 20 heavy (non-hydrogen) atoms. The van der Waals surface area contributed by atoms with Crippen molar-refractivity contribution in [2.75, 3.05) is 0 Å². The molecular weight excluding hydrogens is 254 g/mol. The van der Waals surface area contributed by atoms with Gasteiger partial charge in [-0.2, -0.15) is 0 Å². The lowest BCUT2D eigenvalue weighted by atomic mass is 10.1. The van der Waals surface area contributed by atoms with Crippen molar-refractivity contribution in [1.82, 2.24) is 5.06 Å². The highest BCUT2D eigenvalue weighted by Crippen LogP contribution is 2.19. The highest BCUT2D eigenvalue weighted by Gasteiger charge is 2.16. The zero-order chi connectivity index (χ0) is 14.4. The van der Waals surface area contributed by atoms with Gasteiger partial charge in [0.25, 0.3) is 0 Å². The first-order valence-corrected chi connectivity index (χ1v) is 6.55. The van der Waals surface area contributed by atoms with E-state index < -0.39 is 5.97 Å². The van der Waals surface area contributed by atoms with Crippen LogP contribution in [0, 0.1) is 0 Å². The van der Waals surface area contributed by atoms with Crippen LogP contribution < -0.4 is 0 Å². The number of hydroxylamine groups is 2. The van der Waals surface area contributed by atoms with Gasteiger partial charge in [0.05, 0.1) is 6.54 Å². The standard InChI is InChI=1S/C16H17NO3/c1-2-3-8-15(18)11-16(19)20-17-10-9-13-6-4-5-7-14(13)12-17/h2,4-7,9-10H,1,3,8,11-12H2. The molecule has 0 unspecified atom stereocenters. The van der Waals surface area contributed by atoms with Gasteiger partial charge >= 0.3 is 5.97 Å². The van der Waals surface area contributed by atoms with Gasteiger partial charge < -0.3 is 4.84 Å². The van der Waals surface area contributed by atoms with Crippen LogP contribution in [0.3, 0.4) is 0 Å². The number of carbonyl (C=O) groups excluding carboxylic acids is 2. The predicted octanol–water partition coefficient (Wildman–Crippen LogP) is 2.86. The second-order valence-electron chi connectivity index (χ2n) is 4.60. The molecule has 1 aromatic rings. The molecule has 1 aliphatic heterocycles. The van der Waals surface area contributed by atoms with Crippen molar-refractivity contribution in [2.45, 2.75) is 25.8 Å². The van der Waals surface area contributed by atoms with Crippen LogP contribution >= 0.6 is 0 Å². The third kappa shape index (κ3) is 3.82. The van der Waals surface area contributed by atoms with Gasteiger partial charge in [0, 0.05) is 12.6 Å². The molecule has 4 nitrogen and oxygen atoms in total. The van der Waals surface area contributed by atoms with E-state index in [1.165, 1.54) is 5.06 Å². The number of rotatable bonds is 6. The number of hydrogen-bond donors (Lipinski definition) is 0. The molecule has 1 aromatic carbocycles. The largest absolute Gasteiger partial charge is 0.341 e. The van der Waals surface area contributed by atoms with Gasteiger partial charge in [0.2, 0.25) is 0 Å². The molecule has 0 N–H and O–H groups in total. The summed E-state index contributed by atoms with van der Waals surface area (Å²) in [7, 11) is 0. The lowest BCUT2D eigenvalue weighted by Crippen LogP contribution is -2.25. The first kappa shape index (κ1) is 14.1. The van der Waals surface area contributed by atoms with Gasteiger partial charge in [-0.3, -0.25) is 4.79 Å². The monoisotopic (exact) mass is 271 g/mol. The SMILES string of the molecule is C=CCCC(=O)CC(=O)ON1C=Cc2ccccc2C1. The van der Waals surface area contributed by atoms with E-state index in [0.717, 1.165) is 11.1 Å². The molecule has 0 aliphatic carbocycles. The van der Waals surface area contributed by atoms with E-state index in [2.05, 4.69) is 6.58 Å². The van der Waals surface area contributed by atoms with E-state index in [4.69, 9.17) is 4.84 Å². The molecular formula is C16H17NO3. The van der Waals surface area contributed by atoms with Crippen LogP contribution in [0.15, 0.2) is 43.1 Å². The average Bonchev–Trinajstić information content (AvgIpc) is 2.44. The average molecular weight is 271 g/mol. The Morgan fingerprint density at radius 1 is 1.35 bits per heavy atom. The number of nitrogens with zero attached hydrogens (tertiary/aromatic N) is 1. The van der Waals surface area contributed by atoms with Crippen LogP contribution in [-0.2, 0) is 21.0 Å². The minimum atomic E-state index is -0.525. The fraction of sp³-hybridized carbons (Fsp3) is 0.250. The van der Waals surface area contributed by atoms with Crippen LogP contribution in [-0.4, -0.2) is 16.8 Å². The molecule has 0 amide bonds. The topological polar surface area (TPSA) is 46.6 Å². The second-order valence-corrected chi connectivity index (χ2v) is 4.60. The van der Waals surface area contributed by atoms with E-state index in [0.29, 0.717) is 19.4 Å². The molecule has 0 radical (unpaired) electrons. The number of ketones is 1. The molecule has 1 aliphatic rings. The number of hydrogen-bond acceptors (Lipinski definition) is 4. The fourth-order valence-corrected chi connectivity index (χ4v) is 1.96. The van der Waals surface area contributed by atoms with E-state index >= 15 is 0 Å². The summed E-state index contributed by atoms with van der Waals surface area (Å²) < 4.78 is 0. The van der Waals surface area contributed by atoms with Gasteiger partial charge in [-0.05, 0) is 23.6 Å². The maximum Gasteiger partial charge on any atom is 0.339 e. The third-order valence-corrected chi connectivity index (χ3v) is 2.99. The normalized spacial score (nSPS) is 12.7. The van der Waals surface area contributed by atoms with E-state index in [-0.39, 0.29) is 12.2 Å². The summed E-state index contributed by atoms with van der Waals surface area (Å²) >= 11 is 0. The van der Waals surface area contributed by atoms with Crippen LogP contribution in [0.2, 0.25) is 0 Å². The summed E-state index contributed by atoms with van der Waals surface area (Å²) in [5.74, 6) is -0.653. The number of Topliss-reactive ketones (excluding diaryl/α,β-unsaturated/α-hetero) is 1. The van der Waals surface area contributed by atoms with Crippen molar-refractivity contribution < 1.29 is 14.4 Å². The van der Waals surface area contributed by atoms with Crippen LogP contribution in [0.4, 0.5) is 0 Å². The Balaban J connectivity index is 1.85. The molecule has 2 rings (SSSR count). The molecule has 0 fully saturated rings. The van der Waals surface area contributed by atoms with Crippen LogP contribution in [0.1, 0.15) is 30.4 Å². The van der Waals surface area contributed by atoms with Crippen molar-refractivity contribution in [2.24, 2.45) is 0 Å². The summed E-state index contributed by atoms with van der Waals surface area (Å²) in [5.41, 5.74) is 2.20. The van der Waals surface area contributed by atoms with Gasteiger partial charge in [0.15, 0.2) is 0 Å². The molecule has 0 bridgehead atoms. The zero-order valence-electron chi connectivity index (χ0n) is 11.2. The highest BCUT2D eigenvalue weighted by atomic mass is 16.7. The Kier molecular flexibility index (Phi) is 4.71. The summed E-state index contributed by atoms with van der Waals surface area (Å²) in [6.45, 7) is 4.04. The van der Waals surface area contributed by atoms with Gasteiger partial charge in [-0.1, -0.05) is 30.3 Å². The molecule has 0 saturated heterocycles. The zero-order valence-corrected chi connectivity index (χ0v) is 11.2. The maximum atomic E-state index is 11.7. The third-order valence-electron chi connectivity index (χ3n) is 2.99. The van der Waals surface area contributed by atoms with Crippen molar-refractivity contribution >= 4 is 17.8 Å². The number of fused-ring (bicyclic) bond motifs is 1. The summed E-state index contributed by atoms with van der Waals surface area (Å²) in [5, 5.41) is 1.45. The van der Waals surface area contributed by atoms with Crippen molar-refractivity contribution in [1.29, 1.82) is 0 Å². The molecule has 104 valence electrons. The molecule has 4 heteroatoms. The molecule has 0 spiro atoms. The van der Waals surface area contributed by atoms with Crippen molar-refractivity contribution in [3.05, 3.63) is 54.2 Å². The number of carbonyl (C=O) groups is 2. The quantitative estimate of drug-likeness (QED) is 0.589. The summed E-state index contributed by atoms with van der Waals surface area (Å²) in [4.78, 5) is 28.3. The smallest absolute Gasteiger partial charge is 0.339 e. The molecule has 1 heterocycles. The fourth-order valence-electron chi connectivity index (χ4n) is 1.96.